The number of halogens is 2. The zero-order valence-corrected chi connectivity index (χ0v) is 20.1. The summed E-state index contributed by atoms with van der Waals surface area (Å²) < 4.78 is 56.6. The van der Waals surface area contributed by atoms with Crippen LogP contribution in [-0.4, -0.2) is 41.9 Å². The number of nitrogens with one attached hydrogen (secondary N) is 1. The number of hydrogen-bond acceptors (Lipinski definition) is 5. The van der Waals surface area contributed by atoms with Crippen LogP contribution in [0.15, 0.2) is 29.2 Å². The number of aryl methyl sites for hydroxylation is 1. The molecule has 1 aliphatic rings. The second-order valence-corrected chi connectivity index (χ2v) is 10.7. The summed E-state index contributed by atoms with van der Waals surface area (Å²) in [6.07, 6.45) is 3.09. The Morgan fingerprint density at radius 1 is 1.09 bits per heavy atom. The summed E-state index contributed by atoms with van der Waals surface area (Å²) in [5, 5.41) is 0.535. The van der Waals surface area contributed by atoms with Crippen LogP contribution in [0.2, 0.25) is 0 Å². The maximum Gasteiger partial charge on any atom is 0.265 e. The Kier molecular flexibility index (Phi) is 6.28. The fourth-order valence-electron chi connectivity index (χ4n) is 3.86. The van der Waals surface area contributed by atoms with Gasteiger partial charge in [0.15, 0.2) is 11.6 Å². The van der Waals surface area contributed by atoms with Crippen molar-refractivity contribution in [1.82, 2.24) is 14.5 Å². The van der Waals surface area contributed by atoms with Gasteiger partial charge in [-0.15, -0.1) is 11.3 Å². The number of hydrogen-bond donors (Lipinski definition) is 1. The molecule has 3 heterocycles. The summed E-state index contributed by atoms with van der Waals surface area (Å²) in [6, 6.07) is 4.27. The third-order valence-corrected chi connectivity index (χ3v) is 8.47. The van der Waals surface area contributed by atoms with E-state index in [1.54, 1.807) is 25.5 Å². The summed E-state index contributed by atoms with van der Waals surface area (Å²) in [4.78, 5) is 19.9. The number of thiazole rings is 1. The molecule has 7 nitrogen and oxygen atoms in total. The number of rotatable bonds is 5. The van der Waals surface area contributed by atoms with Crippen LogP contribution in [0, 0.1) is 25.5 Å². The molecule has 0 saturated carbocycles. The summed E-state index contributed by atoms with van der Waals surface area (Å²) in [7, 11) is -2.37. The molecule has 0 bridgehead atoms. The molecule has 0 aliphatic carbocycles. The van der Waals surface area contributed by atoms with Gasteiger partial charge in [-0.2, -0.15) is 0 Å². The van der Waals surface area contributed by atoms with Crippen molar-refractivity contribution in [2.45, 2.75) is 38.0 Å². The van der Waals surface area contributed by atoms with Gasteiger partial charge in [-0.05, 0) is 51.3 Å². The molecule has 1 fully saturated rings. The molecule has 0 atom stereocenters. The standard InChI is InChI=1S/C22H24F2N4O3S2/c1-13-20(22(29)28-9-5-4-6-10-28)32-21(25-13)18-12-19(14(2)27(18)3)33(30,31)26-15-7-8-16(23)17(24)11-15/h7-8,11-12,26H,4-6,9-10H2,1-3H3. The van der Waals surface area contributed by atoms with E-state index < -0.39 is 21.7 Å². The number of sulfonamides is 1. The topological polar surface area (TPSA) is 84.3 Å². The molecule has 11 heteroatoms. The lowest BCUT2D eigenvalue weighted by atomic mass is 10.1. The lowest BCUT2D eigenvalue weighted by Crippen LogP contribution is -2.35. The summed E-state index contributed by atoms with van der Waals surface area (Å²) in [6.45, 7) is 4.87. The first-order valence-electron chi connectivity index (χ1n) is 10.5. The normalized spacial score (nSPS) is 14.5. The maximum atomic E-state index is 13.5. The number of carbonyl (C=O) groups excluding carboxylic acids is 1. The molecule has 1 N–H and O–H groups in total. The van der Waals surface area contributed by atoms with Gasteiger partial charge in [0.1, 0.15) is 14.8 Å². The van der Waals surface area contributed by atoms with E-state index in [2.05, 4.69) is 9.71 Å². The molecule has 176 valence electrons. The molecule has 2 aromatic heterocycles. The Balaban J connectivity index is 1.66. The Hall–Kier alpha value is -2.79. The highest BCUT2D eigenvalue weighted by Gasteiger charge is 2.27. The van der Waals surface area contributed by atoms with E-state index in [-0.39, 0.29) is 16.5 Å². The molecule has 4 rings (SSSR count). The summed E-state index contributed by atoms with van der Waals surface area (Å²) in [5.41, 5.74) is 1.51. The molecule has 1 amide bonds. The third kappa shape index (κ3) is 4.51. The van der Waals surface area contributed by atoms with Gasteiger partial charge < -0.3 is 9.47 Å². The largest absolute Gasteiger partial charge is 0.345 e. The Labute approximate surface area is 195 Å². The molecule has 3 aromatic rings. The van der Waals surface area contributed by atoms with Crippen molar-refractivity contribution >= 4 is 33.0 Å². The van der Waals surface area contributed by atoms with Crippen LogP contribution in [0.1, 0.15) is 40.3 Å². The van der Waals surface area contributed by atoms with Crippen LogP contribution in [0.25, 0.3) is 10.7 Å². The summed E-state index contributed by atoms with van der Waals surface area (Å²) >= 11 is 1.24. The SMILES string of the molecule is Cc1nc(-c2cc(S(=O)(=O)Nc3ccc(F)c(F)c3)c(C)n2C)sc1C(=O)N1CCCCC1. The molecule has 33 heavy (non-hydrogen) atoms. The van der Waals surface area contributed by atoms with Crippen molar-refractivity contribution in [3.63, 3.8) is 0 Å². The zero-order valence-electron chi connectivity index (χ0n) is 18.5. The molecule has 0 unspecified atom stereocenters. The quantitative estimate of drug-likeness (QED) is 0.567. The van der Waals surface area contributed by atoms with Crippen LogP contribution in [0.5, 0.6) is 0 Å². The Bertz CT molecular complexity index is 1330. The maximum absolute atomic E-state index is 13.5. The predicted molar refractivity (Wildman–Crippen MR) is 123 cm³/mol. The van der Waals surface area contributed by atoms with Crippen molar-refractivity contribution in [1.29, 1.82) is 0 Å². The van der Waals surface area contributed by atoms with Gasteiger partial charge >= 0.3 is 0 Å². The first-order valence-corrected chi connectivity index (χ1v) is 12.8. The van der Waals surface area contributed by atoms with Gasteiger partial charge in [0.2, 0.25) is 0 Å². The Morgan fingerprint density at radius 3 is 2.45 bits per heavy atom. The molecule has 1 saturated heterocycles. The van der Waals surface area contributed by atoms with Crippen LogP contribution in [-0.2, 0) is 17.1 Å². The lowest BCUT2D eigenvalue weighted by molar-refractivity contribution is 0.0728. The number of carbonyl (C=O) groups is 1. The molecular formula is C22H24F2N4O3S2. The van der Waals surface area contributed by atoms with E-state index in [9.17, 15) is 22.0 Å². The first kappa shape index (κ1) is 23.4. The molecule has 1 aromatic carbocycles. The van der Waals surface area contributed by atoms with Crippen molar-refractivity contribution in [2.24, 2.45) is 7.05 Å². The second kappa shape index (κ2) is 8.86. The van der Waals surface area contributed by atoms with Gasteiger partial charge in [-0.1, -0.05) is 0 Å². The van der Waals surface area contributed by atoms with Crippen molar-refractivity contribution in [2.75, 3.05) is 17.8 Å². The minimum atomic E-state index is -4.08. The fourth-order valence-corrected chi connectivity index (χ4v) is 6.29. The monoisotopic (exact) mass is 494 g/mol. The van der Waals surface area contributed by atoms with Crippen molar-refractivity contribution < 1.29 is 22.0 Å². The van der Waals surface area contributed by atoms with Gasteiger partial charge in [0.05, 0.1) is 17.1 Å². The lowest BCUT2D eigenvalue weighted by Gasteiger charge is -2.26. The van der Waals surface area contributed by atoms with Crippen LogP contribution >= 0.6 is 11.3 Å². The highest BCUT2D eigenvalue weighted by Crippen LogP contribution is 2.34. The number of amides is 1. The van der Waals surface area contributed by atoms with Crippen LogP contribution in [0.4, 0.5) is 14.5 Å². The minimum absolute atomic E-state index is 0.0125. The number of benzene rings is 1. The minimum Gasteiger partial charge on any atom is -0.345 e. The average molecular weight is 495 g/mol. The van der Waals surface area contributed by atoms with Crippen LogP contribution < -0.4 is 4.72 Å². The van der Waals surface area contributed by atoms with E-state index in [0.29, 0.717) is 27.0 Å². The first-order chi connectivity index (χ1) is 15.6. The summed E-state index contributed by atoms with van der Waals surface area (Å²) in [5.74, 6) is -2.26. The number of aromatic nitrogens is 2. The van der Waals surface area contributed by atoms with E-state index >= 15 is 0 Å². The second-order valence-electron chi connectivity index (χ2n) is 8.06. The highest BCUT2D eigenvalue weighted by atomic mass is 32.2. The van der Waals surface area contributed by atoms with Crippen molar-refractivity contribution in [3.8, 4) is 10.7 Å². The number of anilines is 1. The predicted octanol–water partition coefficient (Wildman–Crippen LogP) is 4.47. The Morgan fingerprint density at radius 2 is 1.79 bits per heavy atom. The van der Waals surface area contributed by atoms with Gasteiger partial charge in [-0.3, -0.25) is 9.52 Å². The fraction of sp³-hybridized carbons (Fsp3) is 0.364. The zero-order chi connectivity index (χ0) is 23.9. The smallest absolute Gasteiger partial charge is 0.265 e. The average Bonchev–Trinajstić information content (AvgIpc) is 3.31. The molecule has 0 spiro atoms. The van der Waals surface area contributed by atoms with E-state index in [4.69, 9.17) is 0 Å². The van der Waals surface area contributed by atoms with Gasteiger partial charge in [0, 0.05) is 31.9 Å². The van der Waals surface area contributed by atoms with E-state index in [1.165, 1.54) is 17.4 Å². The molecule has 0 radical (unpaired) electrons. The number of nitrogens with zero attached hydrogens (tertiary/aromatic N) is 3. The van der Waals surface area contributed by atoms with Crippen LogP contribution in [0.3, 0.4) is 0 Å². The van der Waals surface area contributed by atoms with Gasteiger partial charge in [-0.25, -0.2) is 22.2 Å². The highest BCUT2D eigenvalue weighted by molar-refractivity contribution is 7.92. The van der Waals surface area contributed by atoms with Crippen molar-refractivity contribution in [3.05, 3.63) is 52.2 Å². The van der Waals surface area contributed by atoms with E-state index in [1.807, 2.05) is 4.90 Å². The number of likely N-dealkylation sites (tertiary alicyclic amines) is 1. The third-order valence-electron chi connectivity index (χ3n) is 5.80. The van der Waals surface area contributed by atoms with E-state index in [0.717, 1.165) is 50.6 Å². The molecular weight excluding hydrogens is 470 g/mol. The number of piperidine rings is 1. The molecule has 1 aliphatic heterocycles. The van der Waals surface area contributed by atoms with Gasteiger partial charge in [0.25, 0.3) is 15.9 Å².